The molecule has 28 heavy (non-hydrogen) atoms. The van der Waals surface area contributed by atoms with Gasteiger partial charge in [0.1, 0.15) is 17.7 Å². The number of nitrogens with zero attached hydrogens (tertiary/aromatic N) is 5. The van der Waals surface area contributed by atoms with E-state index in [-0.39, 0.29) is 18.1 Å². The van der Waals surface area contributed by atoms with Crippen LogP contribution in [0.3, 0.4) is 0 Å². The van der Waals surface area contributed by atoms with E-state index in [4.69, 9.17) is 0 Å². The lowest BCUT2D eigenvalue weighted by Crippen LogP contribution is -2.37. The summed E-state index contributed by atoms with van der Waals surface area (Å²) in [4.78, 5) is 34.3. The minimum atomic E-state index is -0.281. The molecule has 1 aliphatic heterocycles. The second-order valence-electron chi connectivity index (χ2n) is 8.21. The first-order valence-corrected chi connectivity index (χ1v) is 11.1. The van der Waals surface area contributed by atoms with Gasteiger partial charge in [-0.1, -0.05) is 19.8 Å². The molecular formula is C20H25N5O2S. The van der Waals surface area contributed by atoms with Crippen molar-refractivity contribution in [2.45, 2.75) is 58.4 Å². The van der Waals surface area contributed by atoms with Crippen LogP contribution in [0.4, 0.5) is 0 Å². The Balaban J connectivity index is 1.54. The summed E-state index contributed by atoms with van der Waals surface area (Å²) < 4.78 is 2.82. The van der Waals surface area contributed by atoms with Crippen LogP contribution in [0.25, 0.3) is 15.9 Å². The third-order valence-electron chi connectivity index (χ3n) is 6.12. The fourth-order valence-corrected chi connectivity index (χ4v) is 5.86. The van der Waals surface area contributed by atoms with Crippen LogP contribution in [-0.2, 0) is 24.2 Å². The molecule has 0 unspecified atom stereocenters. The number of hydrogen-bond acceptors (Lipinski definition) is 5. The summed E-state index contributed by atoms with van der Waals surface area (Å²) in [7, 11) is 0. The van der Waals surface area contributed by atoms with Crippen molar-refractivity contribution in [2.75, 3.05) is 13.1 Å². The van der Waals surface area contributed by atoms with Gasteiger partial charge in [-0.3, -0.25) is 4.79 Å². The van der Waals surface area contributed by atoms with Crippen LogP contribution in [-0.4, -0.2) is 43.1 Å². The first-order valence-electron chi connectivity index (χ1n) is 10.3. The fourth-order valence-electron chi connectivity index (χ4n) is 4.51. The smallest absolute Gasteiger partial charge is 0.341 e. The zero-order valence-electron chi connectivity index (χ0n) is 16.2. The highest BCUT2D eigenvalue weighted by molar-refractivity contribution is 7.19. The predicted octanol–water partition coefficient (Wildman–Crippen LogP) is 2.63. The number of carbonyl (C=O) groups is 1. The van der Waals surface area contributed by atoms with E-state index in [2.05, 4.69) is 17.0 Å². The van der Waals surface area contributed by atoms with Gasteiger partial charge in [-0.05, 0) is 43.6 Å². The van der Waals surface area contributed by atoms with Gasteiger partial charge in [-0.15, -0.1) is 16.4 Å². The van der Waals surface area contributed by atoms with Crippen molar-refractivity contribution in [3.63, 3.8) is 0 Å². The van der Waals surface area contributed by atoms with Gasteiger partial charge < -0.3 is 4.90 Å². The molecule has 7 nitrogen and oxygen atoms in total. The fraction of sp³-hybridized carbons (Fsp3) is 0.600. The standard InChI is InChI=1S/C20H25N5O2S/c1-13-6-7-14-15(10-13)28-19-17(14)18-22-25(20(27)24(18)12-21-19)11-16(26)23-8-4-2-3-5-9-23/h12-13H,2-11H2,1H3/t13-/m1/s1. The maximum absolute atomic E-state index is 12.9. The molecule has 4 heterocycles. The first kappa shape index (κ1) is 17.8. The highest BCUT2D eigenvalue weighted by Crippen LogP contribution is 2.38. The Morgan fingerprint density at radius 1 is 1.25 bits per heavy atom. The summed E-state index contributed by atoms with van der Waals surface area (Å²) in [6.45, 7) is 3.85. The monoisotopic (exact) mass is 399 g/mol. The van der Waals surface area contributed by atoms with E-state index in [0.717, 1.165) is 55.4 Å². The van der Waals surface area contributed by atoms with E-state index in [1.807, 2.05) is 4.90 Å². The zero-order valence-corrected chi connectivity index (χ0v) is 17.0. The molecule has 3 aromatic heterocycles. The number of fused-ring (bicyclic) bond motifs is 5. The summed E-state index contributed by atoms with van der Waals surface area (Å²) in [6.07, 6.45) is 9.20. The number of thiophene rings is 1. The number of aromatic nitrogens is 4. The van der Waals surface area contributed by atoms with Gasteiger partial charge in [0.25, 0.3) is 0 Å². The molecular weight excluding hydrogens is 374 g/mol. The number of aryl methyl sites for hydroxylation is 1. The summed E-state index contributed by atoms with van der Waals surface area (Å²) in [5.41, 5.74) is 1.66. The number of amides is 1. The van der Waals surface area contributed by atoms with E-state index in [1.165, 1.54) is 32.4 Å². The van der Waals surface area contributed by atoms with Crippen molar-refractivity contribution in [1.82, 2.24) is 24.1 Å². The number of likely N-dealkylation sites (tertiary alicyclic amines) is 1. The van der Waals surface area contributed by atoms with Crippen LogP contribution in [0, 0.1) is 5.92 Å². The molecule has 1 atom stereocenters. The van der Waals surface area contributed by atoms with E-state index in [1.54, 1.807) is 17.7 Å². The summed E-state index contributed by atoms with van der Waals surface area (Å²) >= 11 is 1.72. The molecule has 1 fully saturated rings. The minimum absolute atomic E-state index is 0.00533. The topological polar surface area (TPSA) is 72.5 Å². The van der Waals surface area contributed by atoms with Gasteiger partial charge in [-0.25, -0.2) is 18.9 Å². The molecule has 148 valence electrons. The molecule has 1 saturated heterocycles. The van der Waals surface area contributed by atoms with Crippen LogP contribution in [0.2, 0.25) is 0 Å². The summed E-state index contributed by atoms with van der Waals surface area (Å²) in [5.74, 6) is 0.667. The van der Waals surface area contributed by atoms with Crippen molar-refractivity contribution in [3.8, 4) is 0 Å². The molecule has 0 spiro atoms. The maximum Gasteiger partial charge on any atom is 0.352 e. The van der Waals surface area contributed by atoms with Crippen molar-refractivity contribution in [1.29, 1.82) is 0 Å². The Morgan fingerprint density at radius 2 is 2.04 bits per heavy atom. The van der Waals surface area contributed by atoms with E-state index >= 15 is 0 Å². The lowest BCUT2D eigenvalue weighted by atomic mass is 9.89. The Hall–Kier alpha value is -2.22. The highest BCUT2D eigenvalue weighted by atomic mass is 32.1. The van der Waals surface area contributed by atoms with Gasteiger partial charge >= 0.3 is 5.69 Å². The van der Waals surface area contributed by atoms with Crippen molar-refractivity contribution in [2.24, 2.45) is 5.92 Å². The largest absolute Gasteiger partial charge is 0.352 e. The number of rotatable bonds is 2. The third-order valence-corrected chi connectivity index (χ3v) is 7.28. The Bertz CT molecular complexity index is 1100. The predicted molar refractivity (Wildman–Crippen MR) is 109 cm³/mol. The highest BCUT2D eigenvalue weighted by Gasteiger charge is 2.25. The molecule has 2 aliphatic rings. The second kappa shape index (κ2) is 6.99. The lowest BCUT2D eigenvalue weighted by Gasteiger charge is -2.19. The Kier molecular flexibility index (Phi) is 4.45. The van der Waals surface area contributed by atoms with Gasteiger partial charge in [0.2, 0.25) is 5.91 Å². The van der Waals surface area contributed by atoms with Crippen molar-refractivity contribution < 1.29 is 4.79 Å². The van der Waals surface area contributed by atoms with Crippen LogP contribution in [0.1, 0.15) is 49.5 Å². The Morgan fingerprint density at radius 3 is 2.82 bits per heavy atom. The minimum Gasteiger partial charge on any atom is -0.341 e. The SMILES string of the molecule is C[C@@H]1CCc2c(sc3ncn4c(=O)n(CC(=O)N5CCCCCC5)nc4c23)C1. The number of hydrogen-bond donors (Lipinski definition) is 0. The Labute approximate surface area is 167 Å². The van der Waals surface area contributed by atoms with Crippen LogP contribution in [0.5, 0.6) is 0 Å². The molecule has 0 radical (unpaired) electrons. The van der Waals surface area contributed by atoms with Crippen molar-refractivity contribution >= 4 is 33.1 Å². The van der Waals surface area contributed by atoms with Gasteiger partial charge in [0, 0.05) is 18.0 Å². The molecule has 0 saturated carbocycles. The molecule has 8 heteroatoms. The van der Waals surface area contributed by atoms with E-state index in [0.29, 0.717) is 11.6 Å². The number of carbonyl (C=O) groups excluding carboxylic acids is 1. The summed E-state index contributed by atoms with van der Waals surface area (Å²) in [5, 5.41) is 5.59. The molecule has 1 amide bonds. The van der Waals surface area contributed by atoms with Crippen LogP contribution in [0.15, 0.2) is 11.1 Å². The van der Waals surface area contributed by atoms with Gasteiger partial charge in [0.05, 0.1) is 5.39 Å². The first-order chi connectivity index (χ1) is 13.6. The molecule has 0 bridgehead atoms. The van der Waals surface area contributed by atoms with E-state index < -0.39 is 0 Å². The van der Waals surface area contributed by atoms with Gasteiger partial charge in [-0.2, -0.15) is 0 Å². The van der Waals surface area contributed by atoms with Crippen LogP contribution >= 0.6 is 11.3 Å². The maximum atomic E-state index is 12.9. The normalized spacial score (nSPS) is 20.5. The summed E-state index contributed by atoms with van der Waals surface area (Å²) in [6, 6.07) is 0. The molecule has 5 rings (SSSR count). The van der Waals surface area contributed by atoms with E-state index in [9.17, 15) is 9.59 Å². The molecule has 3 aromatic rings. The lowest BCUT2D eigenvalue weighted by molar-refractivity contribution is -0.132. The van der Waals surface area contributed by atoms with Gasteiger partial charge in [0.15, 0.2) is 5.65 Å². The molecule has 1 aliphatic carbocycles. The average Bonchev–Trinajstić information content (AvgIpc) is 3.04. The molecule has 0 aromatic carbocycles. The molecule has 0 N–H and O–H groups in total. The third kappa shape index (κ3) is 2.94. The quantitative estimate of drug-likeness (QED) is 0.664. The zero-order chi connectivity index (χ0) is 19.3. The second-order valence-corrected chi connectivity index (χ2v) is 9.29. The van der Waals surface area contributed by atoms with Crippen LogP contribution < -0.4 is 5.69 Å². The van der Waals surface area contributed by atoms with Crippen molar-refractivity contribution in [3.05, 3.63) is 27.3 Å². The average molecular weight is 400 g/mol.